The standard InChI is InChI=1S/C22H25N3O3/c1-27-17-8-6-16(7-9-17)14-18-15-25(12-13-28-18)22(26)11-10-21-23-19-4-2-3-5-20(19)24-21/h2-9,18H,10-15H2,1H3,(H,23,24)/t18-/m0/s1. The van der Waals surface area contributed by atoms with Crippen molar-refractivity contribution in [3.05, 3.63) is 59.9 Å². The van der Waals surface area contributed by atoms with Crippen molar-refractivity contribution in [3.63, 3.8) is 0 Å². The molecule has 6 nitrogen and oxygen atoms in total. The van der Waals surface area contributed by atoms with Gasteiger partial charge in [0, 0.05) is 32.4 Å². The molecule has 3 aromatic rings. The number of nitrogens with one attached hydrogen (secondary N) is 1. The molecule has 0 radical (unpaired) electrons. The number of carbonyl (C=O) groups is 1. The van der Waals surface area contributed by atoms with Gasteiger partial charge in [0.1, 0.15) is 11.6 Å². The van der Waals surface area contributed by atoms with E-state index in [1.54, 1.807) is 7.11 Å². The van der Waals surface area contributed by atoms with Gasteiger partial charge in [-0.3, -0.25) is 4.79 Å². The molecule has 1 amide bonds. The molecule has 0 bridgehead atoms. The number of para-hydroxylation sites is 2. The van der Waals surface area contributed by atoms with E-state index in [0.29, 0.717) is 32.5 Å². The molecule has 1 aromatic heterocycles. The van der Waals surface area contributed by atoms with Gasteiger partial charge in [0.25, 0.3) is 0 Å². The lowest BCUT2D eigenvalue weighted by molar-refractivity contribution is -0.138. The van der Waals surface area contributed by atoms with Crippen molar-refractivity contribution in [1.29, 1.82) is 0 Å². The van der Waals surface area contributed by atoms with Crippen molar-refractivity contribution < 1.29 is 14.3 Å². The summed E-state index contributed by atoms with van der Waals surface area (Å²) in [6.45, 7) is 1.86. The summed E-state index contributed by atoms with van der Waals surface area (Å²) in [5.41, 5.74) is 3.13. The Morgan fingerprint density at radius 3 is 2.86 bits per heavy atom. The Hall–Kier alpha value is -2.86. The van der Waals surface area contributed by atoms with Crippen LogP contribution in [0, 0.1) is 0 Å². The van der Waals surface area contributed by atoms with Gasteiger partial charge in [0.05, 0.1) is 30.9 Å². The Balaban J connectivity index is 1.31. The minimum atomic E-state index is 0.0253. The summed E-state index contributed by atoms with van der Waals surface area (Å²) >= 11 is 0. The lowest BCUT2D eigenvalue weighted by atomic mass is 10.1. The van der Waals surface area contributed by atoms with E-state index >= 15 is 0 Å². The van der Waals surface area contributed by atoms with E-state index in [2.05, 4.69) is 9.97 Å². The van der Waals surface area contributed by atoms with Crippen LogP contribution in [-0.4, -0.2) is 53.7 Å². The van der Waals surface area contributed by atoms with Gasteiger partial charge >= 0.3 is 0 Å². The molecule has 146 valence electrons. The Labute approximate surface area is 164 Å². The van der Waals surface area contributed by atoms with Crippen molar-refractivity contribution in [3.8, 4) is 5.75 Å². The van der Waals surface area contributed by atoms with Crippen LogP contribution in [0.25, 0.3) is 11.0 Å². The van der Waals surface area contributed by atoms with E-state index in [4.69, 9.17) is 9.47 Å². The van der Waals surface area contributed by atoms with E-state index in [1.807, 2.05) is 53.4 Å². The normalized spacial score (nSPS) is 17.0. The van der Waals surface area contributed by atoms with Crippen LogP contribution in [0.15, 0.2) is 48.5 Å². The number of hydrogen-bond acceptors (Lipinski definition) is 4. The maximum Gasteiger partial charge on any atom is 0.223 e. The monoisotopic (exact) mass is 379 g/mol. The highest BCUT2D eigenvalue weighted by atomic mass is 16.5. The zero-order valence-corrected chi connectivity index (χ0v) is 16.1. The zero-order chi connectivity index (χ0) is 19.3. The second kappa shape index (κ2) is 8.44. The third kappa shape index (κ3) is 4.34. The first-order valence-electron chi connectivity index (χ1n) is 9.67. The average molecular weight is 379 g/mol. The number of fused-ring (bicyclic) bond motifs is 1. The Kier molecular flexibility index (Phi) is 5.58. The molecule has 1 saturated heterocycles. The molecule has 1 aliphatic rings. The molecular formula is C22H25N3O3. The number of hydrogen-bond donors (Lipinski definition) is 1. The number of amides is 1. The first kappa shape index (κ1) is 18.5. The van der Waals surface area contributed by atoms with Gasteiger partial charge in [0.2, 0.25) is 5.91 Å². The van der Waals surface area contributed by atoms with Gasteiger partial charge in [-0.2, -0.15) is 0 Å². The molecule has 28 heavy (non-hydrogen) atoms. The van der Waals surface area contributed by atoms with Crippen LogP contribution < -0.4 is 4.74 Å². The summed E-state index contributed by atoms with van der Waals surface area (Å²) in [7, 11) is 1.66. The smallest absolute Gasteiger partial charge is 0.223 e. The molecule has 2 aromatic carbocycles. The topological polar surface area (TPSA) is 67.5 Å². The van der Waals surface area contributed by atoms with Gasteiger partial charge in [0.15, 0.2) is 0 Å². The number of H-pyrrole nitrogens is 1. The fourth-order valence-corrected chi connectivity index (χ4v) is 3.60. The van der Waals surface area contributed by atoms with E-state index in [1.165, 1.54) is 5.56 Å². The van der Waals surface area contributed by atoms with Gasteiger partial charge < -0.3 is 19.4 Å². The number of carbonyl (C=O) groups excluding carboxylic acids is 1. The fourth-order valence-electron chi connectivity index (χ4n) is 3.60. The van der Waals surface area contributed by atoms with Crippen LogP contribution >= 0.6 is 0 Å². The summed E-state index contributed by atoms with van der Waals surface area (Å²) < 4.78 is 11.1. The molecule has 1 fully saturated rings. The van der Waals surface area contributed by atoms with Crippen molar-refractivity contribution in [2.45, 2.75) is 25.4 Å². The first-order chi connectivity index (χ1) is 13.7. The summed E-state index contributed by atoms with van der Waals surface area (Å²) in [6.07, 6.45) is 1.89. The van der Waals surface area contributed by atoms with Gasteiger partial charge in [-0.05, 0) is 29.8 Å². The Morgan fingerprint density at radius 1 is 1.25 bits per heavy atom. The maximum absolute atomic E-state index is 12.7. The largest absolute Gasteiger partial charge is 0.497 e. The highest BCUT2D eigenvalue weighted by Crippen LogP contribution is 2.17. The number of methoxy groups -OCH3 is 1. The Bertz CT molecular complexity index is 903. The van der Waals surface area contributed by atoms with Gasteiger partial charge in [-0.25, -0.2) is 4.98 Å². The summed E-state index contributed by atoms with van der Waals surface area (Å²) in [4.78, 5) is 22.4. The summed E-state index contributed by atoms with van der Waals surface area (Å²) in [5, 5.41) is 0. The quantitative estimate of drug-likeness (QED) is 0.715. The third-order valence-electron chi connectivity index (χ3n) is 5.13. The molecule has 6 heteroatoms. The number of morpholine rings is 1. The fraction of sp³-hybridized carbons (Fsp3) is 0.364. The molecule has 0 aliphatic carbocycles. The van der Waals surface area contributed by atoms with Crippen LogP contribution in [0.1, 0.15) is 17.8 Å². The highest BCUT2D eigenvalue weighted by molar-refractivity contribution is 5.77. The van der Waals surface area contributed by atoms with E-state index in [9.17, 15) is 4.79 Å². The van der Waals surface area contributed by atoms with Crippen LogP contribution in [-0.2, 0) is 22.4 Å². The van der Waals surface area contributed by atoms with Crippen molar-refractivity contribution in [1.82, 2.24) is 14.9 Å². The molecule has 0 spiro atoms. The second-order valence-electron chi connectivity index (χ2n) is 7.09. The summed E-state index contributed by atoms with van der Waals surface area (Å²) in [5.74, 6) is 1.86. The minimum absolute atomic E-state index is 0.0253. The lowest BCUT2D eigenvalue weighted by Gasteiger charge is -2.33. The number of aromatic amines is 1. The molecular weight excluding hydrogens is 354 g/mol. The highest BCUT2D eigenvalue weighted by Gasteiger charge is 2.24. The lowest BCUT2D eigenvalue weighted by Crippen LogP contribution is -2.46. The number of aromatic nitrogens is 2. The number of nitrogens with zero attached hydrogens (tertiary/aromatic N) is 2. The molecule has 2 heterocycles. The molecule has 1 atom stereocenters. The summed E-state index contributed by atoms with van der Waals surface area (Å²) in [6, 6.07) is 15.9. The maximum atomic E-state index is 12.7. The molecule has 0 unspecified atom stereocenters. The average Bonchev–Trinajstić information content (AvgIpc) is 3.16. The number of benzene rings is 2. The SMILES string of the molecule is COc1ccc(C[C@H]2CN(C(=O)CCc3nc4ccccc4[nH]3)CCO2)cc1. The molecule has 0 saturated carbocycles. The molecule has 4 rings (SSSR count). The minimum Gasteiger partial charge on any atom is -0.497 e. The van der Waals surface area contributed by atoms with Gasteiger partial charge in [-0.15, -0.1) is 0 Å². The van der Waals surface area contributed by atoms with Crippen LogP contribution in [0.4, 0.5) is 0 Å². The van der Waals surface area contributed by atoms with Crippen LogP contribution in [0.5, 0.6) is 5.75 Å². The zero-order valence-electron chi connectivity index (χ0n) is 16.1. The number of ether oxygens (including phenoxy) is 2. The van der Waals surface area contributed by atoms with E-state index in [-0.39, 0.29) is 12.0 Å². The Morgan fingerprint density at radius 2 is 2.07 bits per heavy atom. The number of aryl methyl sites for hydroxylation is 1. The third-order valence-corrected chi connectivity index (χ3v) is 5.13. The van der Waals surface area contributed by atoms with Crippen LogP contribution in [0.3, 0.4) is 0 Å². The van der Waals surface area contributed by atoms with Crippen molar-refractivity contribution >= 4 is 16.9 Å². The van der Waals surface area contributed by atoms with Crippen LogP contribution in [0.2, 0.25) is 0 Å². The first-order valence-corrected chi connectivity index (χ1v) is 9.67. The number of imidazole rings is 1. The van der Waals surface area contributed by atoms with Crippen molar-refractivity contribution in [2.75, 3.05) is 26.8 Å². The van der Waals surface area contributed by atoms with E-state index < -0.39 is 0 Å². The number of rotatable bonds is 6. The molecule has 1 aliphatic heterocycles. The van der Waals surface area contributed by atoms with Crippen molar-refractivity contribution in [2.24, 2.45) is 0 Å². The van der Waals surface area contributed by atoms with E-state index in [0.717, 1.165) is 29.0 Å². The second-order valence-corrected chi connectivity index (χ2v) is 7.09. The predicted molar refractivity (Wildman–Crippen MR) is 107 cm³/mol. The molecule has 1 N–H and O–H groups in total. The predicted octanol–water partition coefficient (Wildman–Crippen LogP) is 2.97. The van der Waals surface area contributed by atoms with Gasteiger partial charge in [-0.1, -0.05) is 24.3 Å².